The summed E-state index contributed by atoms with van der Waals surface area (Å²) in [6, 6.07) is 7.94. The number of nitrogens with one attached hydrogen (secondary N) is 1. The van der Waals surface area contributed by atoms with E-state index >= 15 is 0 Å². The molecule has 1 heterocycles. The lowest BCUT2D eigenvalue weighted by molar-refractivity contribution is -0.133. The fraction of sp³-hybridized carbons (Fsp3) is 0.364. The van der Waals surface area contributed by atoms with Crippen molar-refractivity contribution >= 4 is 5.91 Å². The van der Waals surface area contributed by atoms with E-state index in [2.05, 4.69) is 5.32 Å². The highest BCUT2D eigenvalue weighted by Gasteiger charge is 2.19. The molecular formula is C11H14N2O2. The Kier molecular flexibility index (Phi) is 2.99. The number of benzene rings is 1. The minimum atomic E-state index is -0.0511. The van der Waals surface area contributed by atoms with Gasteiger partial charge < -0.3 is 15.8 Å². The first-order valence-electron chi connectivity index (χ1n) is 4.97. The Morgan fingerprint density at radius 2 is 2.13 bits per heavy atom. The van der Waals surface area contributed by atoms with E-state index in [4.69, 9.17) is 10.5 Å². The number of rotatable bonds is 2. The van der Waals surface area contributed by atoms with Crippen molar-refractivity contribution in [1.82, 2.24) is 5.32 Å². The summed E-state index contributed by atoms with van der Waals surface area (Å²) in [5.41, 5.74) is 7.68. The monoisotopic (exact) mass is 206 g/mol. The van der Waals surface area contributed by atoms with E-state index < -0.39 is 0 Å². The van der Waals surface area contributed by atoms with Crippen molar-refractivity contribution in [3.05, 3.63) is 35.4 Å². The third-order valence-electron chi connectivity index (χ3n) is 2.49. The Hall–Kier alpha value is -1.39. The van der Waals surface area contributed by atoms with Gasteiger partial charge in [-0.2, -0.15) is 0 Å². The van der Waals surface area contributed by atoms with Gasteiger partial charge in [-0.05, 0) is 11.1 Å². The maximum absolute atomic E-state index is 10.9. The van der Waals surface area contributed by atoms with Crippen LogP contribution in [-0.4, -0.2) is 19.1 Å². The summed E-state index contributed by atoms with van der Waals surface area (Å²) >= 11 is 0. The van der Waals surface area contributed by atoms with Gasteiger partial charge in [-0.15, -0.1) is 0 Å². The van der Waals surface area contributed by atoms with E-state index in [1.807, 2.05) is 24.3 Å². The van der Waals surface area contributed by atoms with Crippen molar-refractivity contribution in [1.29, 1.82) is 0 Å². The lowest BCUT2D eigenvalue weighted by Crippen LogP contribution is -2.38. The molecule has 0 spiro atoms. The fourth-order valence-corrected chi connectivity index (χ4v) is 1.58. The Balaban J connectivity index is 2.06. The van der Waals surface area contributed by atoms with E-state index in [1.165, 1.54) is 0 Å². The SMILES string of the molecule is NCc1ccc(C2CNC(=O)CO2)cc1. The molecule has 1 unspecified atom stereocenters. The smallest absolute Gasteiger partial charge is 0.246 e. The zero-order valence-electron chi connectivity index (χ0n) is 8.40. The maximum Gasteiger partial charge on any atom is 0.246 e. The number of morpholine rings is 1. The van der Waals surface area contributed by atoms with Crippen LogP contribution in [0.1, 0.15) is 17.2 Å². The van der Waals surface area contributed by atoms with Gasteiger partial charge in [0.25, 0.3) is 0 Å². The molecule has 2 rings (SSSR count). The van der Waals surface area contributed by atoms with Crippen molar-refractivity contribution in [3.8, 4) is 0 Å². The fourth-order valence-electron chi connectivity index (χ4n) is 1.58. The standard InChI is InChI=1S/C11H14N2O2/c12-5-8-1-3-9(4-2-8)10-6-13-11(14)7-15-10/h1-4,10H,5-7,12H2,(H,13,14). The van der Waals surface area contributed by atoms with Crippen LogP contribution in [0.4, 0.5) is 0 Å². The van der Waals surface area contributed by atoms with Crippen molar-refractivity contribution in [2.45, 2.75) is 12.6 Å². The average Bonchev–Trinajstić information content (AvgIpc) is 2.30. The summed E-state index contributed by atoms with van der Waals surface area (Å²) in [5.74, 6) is -0.0511. The number of carbonyl (C=O) groups is 1. The summed E-state index contributed by atoms with van der Waals surface area (Å²) in [4.78, 5) is 10.9. The van der Waals surface area contributed by atoms with Crippen LogP contribution in [0.2, 0.25) is 0 Å². The summed E-state index contributed by atoms with van der Waals surface area (Å²) in [6.07, 6.45) is -0.0328. The highest BCUT2D eigenvalue weighted by atomic mass is 16.5. The van der Waals surface area contributed by atoms with Crippen molar-refractivity contribution in [2.75, 3.05) is 13.2 Å². The molecule has 1 amide bonds. The van der Waals surface area contributed by atoms with Crippen LogP contribution in [0.3, 0.4) is 0 Å². The Morgan fingerprint density at radius 3 is 2.67 bits per heavy atom. The largest absolute Gasteiger partial charge is 0.362 e. The quantitative estimate of drug-likeness (QED) is 0.733. The third kappa shape index (κ3) is 2.34. The summed E-state index contributed by atoms with van der Waals surface area (Å²) in [5, 5.41) is 2.77. The molecular weight excluding hydrogens is 192 g/mol. The van der Waals surface area contributed by atoms with E-state index in [0.29, 0.717) is 13.1 Å². The van der Waals surface area contributed by atoms with Crippen LogP contribution < -0.4 is 11.1 Å². The number of hydrogen-bond acceptors (Lipinski definition) is 3. The predicted octanol–water partition coefficient (Wildman–Crippen LogP) is 0.333. The summed E-state index contributed by atoms with van der Waals surface area (Å²) in [7, 11) is 0. The molecule has 0 saturated carbocycles. The normalized spacial score (nSPS) is 21.1. The lowest BCUT2D eigenvalue weighted by Gasteiger charge is -2.23. The molecule has 1 atom stereocenters. The molecule has 15 heavy (non-hydrogen) atoms. The van der Waals surface area contributed by atoms with Crippen molar-refractivity contribution in [2.24, 2.45) is 5.73 Å². The van der Waals surface area contributed by atoms with Crippen LogP contribution in [0.25, 0.3) is 0 Å². The molecule has 1 saturated heterocycles. The van der Waals surface area contributed by atoms with E-state index in [1.54, 1.807) is 0 Å². The van der Waals surface area contributed by atoms with Gasteiger partial charge in [0.15, 0.2) is 0 Å². The van der Waals surface area contributed by atoms with Crippen LogP contribution in [-0.2, 0) is 16.1 Å². The zero-order valence-corrected chi connectivity index (χ0v) is 8.40. The first kappa shape index (κ1) is 10.1. The van der Waals surface area contributed by atoms with Gasteiger partial charge in [-0.3, -0.25) is 4.79 Å². The second-order valence-corrected chi connectivity index (χ2v) is 3.55. The molecule has 0 aromatic heterocycles. The van der Waals surface area contributed by atoms with Crippen LogP contribution in [0.5, 0.6) is 0 Å². The molecule has 1 fully saturated rings. The molecule has 4 heteroatoms. The molecule has 80 valence electrons. The molecule has 3 N–H and O–H groups in total. The molecule has 1 aliphatic heterocycles. The number of amides is 1. The summed E-state index contributed by atoms with van der Waals surface area (Å²) in [6.45, 7) is 1.23. The number of nitrogens with two attached hydrogens (primary N) is 1. The van der Waals surface area contributed by atoms with E-state index in [9.17, 15) is 4.79 Å². The highest BCUT2D eigenvalue weighted by Crippen LogP contribution is 2.19. The lowest BCUT2D eigenvalue weighted by atomic mass is 10.1. The Bertz CT molecular complexity index is 338. The third-order valence-corrected chi connectivity index (χ3v) is 2.49. The number of carbonyl (C=O) groups excluding carboxylic acids is 1. The number of hydrogen-bond donors (Lipinski definition) is 2. The Labute approximate surface area is 88.4 Å². The van der Waals surface area contributed by atoms with Crippen molar-refractivity contribution in [3.63, 3.8) is 0 Å². The second-order valence-electron chi connectivity index (χ2n) is 3.55. The predicted molar refractivity (Wildman–Crippen MR) is 56.0 cm³/mol. The minimum Gasteiger partial charge on any atom is -0.362 e. The van der Waals surface area contributed by atoms with E-state index in [-0.39, 0.29) is 18.6 Å². The van der Waals surface area contributed by atoms with Crippen LogP contribution in [0.15, 0.2) is 24.3 Å². The topological polar surface area (TPSA) is 64.3 Å². The highest BCUT2D eigenvalue weighted by molar-refractivity contribution is 5.77. The second kappa shape index (κ2) is 4.42. The van der Waals surface area contributed by atoms with Crippen LogP contribution >= 0.6 is 0 Å². The van der Waals surface area contributed by atoms with Gasteiger partial charge in [-0.25, -0.2) is 0 Å². The van der Waals surface area contributed by atoms with Gasteiger partial charge in [0.1, 0.15) is 12.7 Å². The van der Waals surface area contributed by atoms with Gasteiger partial charge in [0.05, 0.1) is 0 Å². The molecule has 1 aromatic rings. The van der Waals surface area contributed by atoms with Gasteiger partial charge in [0.2, 0.25) is 5.91 Å². The number of ether oxygens (including phenoxy) is 1. The average molecular weight is 206 g/mol. The minimum absolute atomic E-state index is 0.0328. The molecule has 4 nitrogen and oxygen atoms in total. The van der Waals surface area contributed by atoms with Gasteiger partial charge in [0, 0.05) is 13.1 Å². The van der Waals surface area contributed by atoms with Gasteiger partial charge >= 0.3 is 0 Å². The van der Waals surface area contributed by atoms with E-state index in [0.717, 1.165) is 11.1 Å². The molecule has 1 aromatic carbocycles. The molecule has 0 aliphatic carbocycles. The van der Waals surface area contributed by atoms with Crippen molar-refractivity contribution < 1.29 is 9.53 Å². The maximum atomic E-state index is 10.9. The van der Waals surface area contributed by atoms with Gasteiger partial charge in [-0.1, -0.05) is 24.3 Å². The first-order chi connectivity index (χ1) is 7.29. The Morgan fingerprint density at radius 1 is 1.40 bits per heavy atom. The zero-order chi connectivity index (χ0) is 10.7. The van der Waals surface area contributed by atoms with Crippen LogP contribution in [0, 0.1) is 0 Å². The molecule has 0 bridgehead atoms. The summed E-state index contributed by atoms with van der Waals surface area (Å²) < 4.78 is 5.41. The first-order valence-corrected chi connectivity index (χ1v) is 4.97. The molecule has 1 aliphatic rings. The molecule has 0 radical (unpaired) electrons.